The van der Waals surface area contributed by atoms with Crippen molar-refractivity contribution in [2.75, 3.05) is 6.61 Å². The summed E-state index contributed by atoms with van der Waals surface area (Å²) in [4.78, 5) is 10.2. The number of nitrogens with zero attached hydrogens (tertiary/aromatic N) is 1. The van der Waals surface area contributed by atoms with E-state index in [0.717, 1.165) is 0 Å². The van der Waals surface area contributed by atoms with E-state index in [1.807, 2.05) is 0 Å². The first kappa shape index (κ1) is 7.59. The fourth-order valence-corrected chi connectivity index (χ4v) is 0.557. The van der Waals surface area contributed by atoms with Crippen LogP contribution in [0.5, 0.6) is 5.88 Å². The summed E-state index contributed by atoms with van der Waals surface area (Å²) in [5.41, 5.74) is 4.82. The van der Waals surface area contributed by atoms with Gasteiger partial charge in [0.1, 0.15) is 5.76 Å². The molecular formula is C6H8N2O3. The normalized spacial score (nSPS) is 9.55. The molecule has 5 heteroatoms. The monoisotopic (exact) mass is 156 g/mol. The van der Waals surface area contributed by atoms with E-state index >= 15 is 0 Å². The molecule has 11 heavy (non-hydrogen) atoms. The molecule has 0 unspecified atom stereocenters. The van der Waals surface area contributed by atoms with Crippen molar-refractivity contribution < 1.29 is 14.1 Å². The van der Waals surface area contributed by atoms with Gasteiger partial charge in [0.25, 0.3) is 11.8 Å². The van der Waals surface area contributed by atoms with Gasteiger partial charge in [-0.3, -0.25) is 4.79 Å². The SMILES string of the molecule is Cc1cc(OCC(N)=O)no1. The summed E-state index contributed by atoms with van der Waals surface area (Å²) in [6.45, 7) is 1.55. The number of carbonyl (C=O) groups excluding carboxylic acids is 1. The van der Waals surface area contributed by atoms with Crippen LogP contribution in [0.25, 0.3) is 0 Å². The lowest BCUT2D eigenvalue weighted by atomic mass is 10.5. The number of amides is 1. The molecule has 0 bridgehead atoms. The highest BCUT2D eigenvalue weighted by atomic mass is 16.5. The fourth-order valence-electron chi connectivity index (χ4n) is 0.557. The van der Waals surface area contributed by atoms with Crippen molar-refractivity contribution in [1.29, 1.82) is 0 Å². The number of hydrogen-bond acceptors (Lipinski definition) is 4. The molecule has 1 amide bonds. The highest BCUT2D eigenvalue weighted by Gasteiger charge is 2.01. The van der Waals surface area contributed by atoms with Gasteiger partial charge in [0.2, 0.25) is 0 Å². The van der Waals surface area contributed by atoms with Gasteiger partial charge in [0.15, 0.2) is 6.61 Å². The molecule has 5 nitrogen and oxygen atoms in total. The predicted molar refractivity (Wildman–Crippen MR) is 35.9 cm³/mol. The topological polar surface area (TPSA) is 78.4 Å². The summed E-state index contributed by atoms with van der Waals surface area (Å²) in [6.07, 6.45) is 0. The van der Waals surface area contributed by atoms with Crippen molar-refractivity contribution in [2.45, 2.75) is 6.92 Å². The van der Waals surface area contributed by atoms with Gasteiger partial charge < -0.3 is 15.0 Å². The van der Waals surface area contributed by atoms with E-state index in [0.29, 0.717) is 5.76 Å². The van der Waals surface area contributed by atoms with Crippen LogP contribution >= 0.6 is 0 Å². The fraction of sp³-hybridized carbons (Fsp3) is 0.333. The van der Waals surface area contributed by atoms with Gasteiger partial charge in [-0.1, -0.05) is 0 Å². The maximum absolute atomic E-state index is 10.2. The lowest BCUT2D eigenvalue weighted by Crippen LogP contribution is -2.20. The van der Waals surface area contributed by atoms with E-state index in [-0.39, 0.29) is 12.5 Å². The maximum atomic E-state index is 10.2. The summed E-state index contributed by atoms with van der Waals surface area (Å²) >= 11 is 0. The molecule has 1 heterocycles. The molecule has 0 aliphatic carbocycles. The van der Waals surface area contributed by atoms with E-state index in [9.17, 15) is 4.79 Å². The predicted octanol–water partition coefficient (Wildman–Crippen LogP) is -0.153. The van der Waals surface area contributed by atoms with Crippen LogP contribution in [-0.4, -0.2) is 17.7 Å². The lowest BCUT2D eigenvalue weighted by molar-refractivity contribution is -0.120. The maximum Gasteiger partial charge on any atom is 0.255 e. The summed E-state index contributed by atoms with van der Waals surface area (Å²) in [6, 6.07) is 1.57. The van der Waals surface area contributed by atoms with Gasteiger partial charge in [-0.2, -0.15) is 0 Å². The Hall–Kier alpha value is -1.52. The van der Waals surface area contributed by atoms with E-state index < -0.39 is 5.91 Å². The second-order valence-corrected chi connectivity index (χ2v) is 2.03. The largest absolute Gasteiger partial charge is 0.465 e. The van der Waals surface area contributed by atoms with Crippen molar-refractivity contribution in [1.82, 2.24) is 5.16 Å². The summed E-state index contributed by atoms with van der Waals surface area (Å²) in [5.74, 6) is 0.372. The van der Waals surface area contributed by atoms with Crippen molar-refractivity contribution in [3.8, 4) is 5.88 Å². The highest BCUT2D eigenvalue weighted by molar-refractivity contribution is 5.75. The smallest absolute Gasteiger partial charge is 0.255 e. The Balaban J connectivity index is 2.45. The molecular weight excluding hydrogens is 148 g/mol. The number of aryl methyl sites for hydroxylation is 1. The number of nitrogens with two attached hydrogens (primary N) is 1. The third-order valence-corrected chi connectivity index (χ3v) is 0.969. The molecule has 0 saturated heterocycles. The van der Waals surface area contributed by atoms with Crippen LogP contribution in [0, 0.1) is 6.92 Å². The zero-order valence-corrected chi connectivity index (χ0v) is 6.03. The number of aromatic nitrogens is 1. The van der Waals surface area contributed by atoms with Crippen LogP contribution < -0.4 is 10.5 Å². The number of ether oxygens (including phenoxy) is 1. The molecule has 0 aliphatic rings. The van der Waals surface area contributed by atoms with Crippen LogP contribution in [0.2, 0.25) is 0 Å². The van der Waals surface area contributed by atoms with E-state index in [1.54, 1.807) is 13.0 Å². The van der Waals surface area contributed by atoms with Gasteiger partial charge in [-0.25, -0.2) is 0 Å². The summed E-state index contributed by atoms with van der Waals surface area (Å²) in [7, 11) is 0. The Morgan fingerprint density at radius 3 is 3.09 bits per heavy atom. The van der Waals surface area contributed by atoms with Crippen LogP contribution in [0.15, 0.2) is 10.6 Å². The average molecular weight is 156 g/mol. The third-order valence-electron chi connectivity index (χ3n) is 0.969. The summed E-state index contributed by atoms with van der Waals surface area (Å²) < 4.78 is 9.48. The Bertz CT molecular complexity index is 256. The molecule has 0 aliphatic heterocycles. The molecule has 0 atom stereocenters. The second kappa shape index (κ2) is 3.05. The number of primary amides is 1. The van der Waals surface area contributed by atoms with E-state index in [4.69, 9.17) is 10.5 Å². The minimum Gasteiger partial charge on any atom is -0.465 e. The molecule has 0 fully saturated rings. The number of carbonyl (C=O) groups is 1. The molecule has 1 aromatic heterocycles. The molecule has 1 aromatic rings. The van der Waals surface area contributed by atoms with Crippen LogP contribution in [0.4, 0.5) is 0 Å². The van der Waals surface area contributed by atoms with Crippen LogP contribution in [0.1, 0.15) is 5.76 Å². The Labute approximate surface area is 63.1 Å². The molecule has 0 saturated carbocycles. The van der Waals surface area contributed by atoms with Crippen LogP contribution in [-0.2, 0) is 4.79 Å². The molecule has 0 radical (unpaired) electrons. The number of hydrogen-bond donors (Lipinski definition) is 1. The standard InChI is InChI=1S/C6H8N2O3/c1-4-2-6(8-11-4)10-3-5(7)9/h2H,3H2,1H3,(H2,7,9). The Kier molecular flexibility index (Phi) is 2.10. The zero-order valence-electron chi connectivity index (χ0n) is 6.03. The van der Waals surface area contributed by atoms with Crippen molar-refractivity contribution >= 4 is 5.91 Å². The number of rotatable bonds is 3. The molecule has 60 valence electrons. The van der Waals surface area contributed by atoms with Gasteiger partial charge in [-0.05, 0) is 12.1 Å². The molecule has 2 N–H and O–H groups in total. The minimum absolute atomic E-state index is 0.175. The van der Waals surface area contributed by atoms with Gasteiger partial charge in [0, 0.05) is 6.07 Å². The minimum atomic E-state index is -0.536. The van der Waals surface area contributed by atoms with Gasteiger partial charge >= 0.3 is 0 Å². The Morgan fingerprint density at radius 2 is 2.64 bits per heavy atom. The quantitative estimate of drug-likeness (QED) is 0.659. The lowest BCUT2D eigenvalue weighted by Gasteiger charge is -1.94. The Morgan fingerprint density at radius 1 is 1.91 bits per heavy atom. The van der Waals surface area contributed by atoms with Crippen molar-refractivity contribution in [3.63, 3.8) is 0 Å². The molecule has 0 aromatic carbocycles. The molecule has 0 spiro atoms. The third kappa shape index (κ3) is 2.29. The van der Waals surface area contributed by atoms with Crippen molar-refractivity contribution in [3.05, 3.63) is 11.8 Å². The highest BCUT2D eigenvalue weighted by Crippen LogP contribution is 2.08. The average Bonchev–Trinajstić information content (AvgIpc) is 2.31. The van der Waals surface area contributed by atoms with Gasteiger partial charge in [0.05, 0.1) is 0 Å². The van der Waals surface area contributed by atoms with E-state index in [1.165, 1.54) is 0 Å². The first-order valence-corrected chi connectivity index (χ1v) is 3.03. The first-order valence-electron chi connectivity index (χ1n) is 3.03. The zero-order chi connectivity index (χ0) is 8.27. The van der Waals surface area contributed by atoms with Gasteiger partial charge in [-0.15, -0.1) is 0 Å². The summed E-state index contributed by atoms with van der Waals surface area (Å²) in [5, 5.41) is 3.48. The second-order valence-electron chi connectivity index (χ2n) is 2.03. The van der Waals surface area contributed by atoms with Crippen molar-refractivity contribution in [2.24, 2.45) is 5.73 Å². The van der Waals surface area contributed by atoms with E-state index in [2.05, 4.69) is 9.68 Å². The first-order chi connectivity index (χ1) is 5.18. The molecule has 1 rings (SSSR count). The van der Waals surface area contributed by atoms with Crippen LogP contribution in [0.3, 0.4) is 0 Å².